The van der Waals surface area contributed by atoms with Crippen molar-refractivity contribution in [2.24, 2.45) is 5.11 Å². The molecular weight excluding hydrogens is 316 g/mol. The summed E-state index contributed by atoms with van der Waals surface area (Å²) in [5.74, 6) is 0.0619. The molecule has 1 saturated heterocycles. The monoisotopic (exact) mass is 334 g/mol. The number of carbonyl (C=O) groups is 1. The van der Waals surface area contributed by atoms with Crippen molar-refractivity contribution in [3.63, 3.8) is 0 Å². The second-order valence-electron chi connectivity index (χ2n) is 6.40. The number of nitrogens with zero attached hydrogens (tertiary/aromatic N) is 4. The van der Waals surface area contributed by atoms with Gasteiger partial charge in [-0.25, -0.2) is 4.79 Å². The molecule has 2 aliphatic rings. The molecule has 1 aliphatic carbocycles. The second kappa shape index (κ2) is 6.49. The number of fused-ring (bicyclic) bond motifs is 3. The van der Waals surface area contributed by atoms with Crippen molar-refractivity contribution in [2.75, 3.05) is 19.7 Å². The van der Waals surface area contributed by atoms with Gasteiger partial charge in [0.25, 0.3) is 0 Å². The average molecular weight is 334 g/mol. The molecule has 6 nitrogen and oxygen atoms in total. The maximum atomic E-state index is 12.3. The van der Waals surface area contributed by atoms with E-state index in [0.29, 0.717) is 26.1 Å². The summed E-state index contributed by atoms with van der Waals surface area (Å²) < 4.78 is 5.60. The first-order valence-electron chi connectivity index (χ1n) is 8.42. The molecule has 4 rings (SSSR count). The smallest absolute Gasteiger partial charge is 0.409 e. The second-order valence-corrected chi connectivity index (χ2v) is 6.40. The zero-order valence-corrected chi connectivity index (χ0v) is 13.7. The summed E-state index contributed by atoms with van der Waals surface area (Å²) in [4.78, 5) is 16.8. The standard InChI is InChI=1S/C19H18N4O2/c20-22-21-13-9-10-23(11-13)19(24)25-12-18-16-7-3-1-5-14(16)15-6-2-4-8-17(15)18/h1-8,13,18H,9-12H2/t13-/m1/s1. The number of ether oxygens (including phenoxy) is 1. The first kappa shape index (κ1) is 15.5. The number of hydrogen-bond donors (Lipinski definition) is 0. The number of azide groups is 1. The molecule has 1 heterocycles. The molecule has 0 bridgehead atoms. The maximum absolute atomic E-state index is 12.3. The topological polar surface area (TPSA) is 78.3 Å². The van der Waals surface area contributed by atoms with Gasteiger partial charge in [0, 0.05) is 23.9 Å². The highest BCUT2D eigenvalue weighted by Gasteiger charge is 2.31. The summed E-state index contributed by atoms with van der Waals surface area (Å²) in [5.41, 5.74) is 13.3. The highest BCUT2D eigenvalue weighted by Crippen LogP contribution is 2.44. The number of hydrogen-bond acceptors (Lipinski definition) is 3. The molecule has 1 aliphatic heterocycles. The Morgan fingerprint density at radius 3 is 2.44 bits per heavy atom. The molecule has 0 spiro atoms. The van der Waals surface area contributed by atoms with Crippen LogP contribution in [0.3, 0.4) is 0 Å². The van der Waals surface area contributed by atoms with Crippen molar-refractivity contribution < 1.29 is 9.53 Å². The van der Waals surface area contributed by atoms with Crippen molar-refractivity contribution in [1.29, 1.82) is 0 Å². The molecular formula is C19H18N4O2. The minimum absolute atomic E-state index is 0.0619. The summed E-state index contributed by atoms with van der Waals surface area (Å²) in [5, 5.41) is 3.68. The molecule has 0 N–H and O–H groups in total. The van der Waals surface area contributed by atoms with Gasteiger partial charge in [0.15, 0.2) is 0 Å². The minimum atomic E-state index is -0.336. The third-order valence-corrected chi connectivity index (χ3v) is 4.97. The van der Waals surface area contributed by atoms with Crippen LogP contribution in [0.4, 0.5) is 4.79 Å². The van der Waals surface area contributed by atoms with Gasteiger partial charge < -0.3 is 9.64 Å². The molecule has 126 valence electrons. The average Bonchev–Trinajstić information content (AvgIpc) is 3.23. The minimum Gasteiger partial charge on any atom is -0.448 e. The van der Waals surface area contributed by atoms with Crippen LogP contribution in [0.15, 0.2) is 53.6 Å². The van der Waals surface area contributed by atoms with E-state index in [1.165, 1.54) is 22.3 Å². The normalized spacial score (nSPS) is 18.4. The quantitative estimate of drug-likeness (QED) is 0.476. The van der Waals surface area contributed by atoms with Crippen molar-refractivity contribution >= 4 is 6.09 Å². The van der Waals surface area contributed by atoms with Crippen molar-refractivity contribution in [2.45, 2.75) is 18.4 Å². The first-order valence-corrected chi connectivity index (χ1v) is 8.42. The van der Waals surface area contributed by atoms with E-state index in [2.05, 4.69) is 34.3 Å². The summed E-state index contributed by atoms with van der Waals surface area (Å²) in [6.07, 6.45) is 0.353. The van der Waals surface area contributed by atoms with Gasteiger partial charge in [-0.1, -0.05) is 53.6 Å². The third-order valence-electron chi connectivity index (χ3n) is 4.97. The Kier molecular flexibility index (Phi) is 4.04. The molecule has 1 fully saturated rings. The van der Waals surface area contributed by atoms with E-state index >= 15 is 0 Å². The largest absolute Gasteiger partial charge is 0.448 e. The lowest BCUT2D eigenvalue weighted by atomic mass is 9.98. The van der Waals surface area contributed by atoms with Crippen molar-refractivity contribution in [1.82, 2.24) is 4.90 Å². The van der Waals surface area contributed by atoms with Crippen LogP contribution in [0, 0.1) is 0 Å². The fourth-order valence-corrected chi connectivity index (χ4v) is 3.76. The van der Waals surface area contributed by atoms with Crippen LogP contribution in [0.25, 0.3) is 21.6 Å². The lowest BCUT2D eigenvalue weighted by Crippen LogP contribution is -2.31. The number of benzene rings is 2. The first-order chi connectivity index (χ1) is 12.3. The van der Waals surface area contributed by atoms with Crippen LogP contribution >= 0.6 is 0 Å². The van der Waals surface area contributed by atoms with E-state index in [9.17, 15) is 4.79 Å². The molecule has 0 radical (unpaired) electrons. The van der Waals surface area contributed by atoms with Crippen LogP contribution < -0.4 is 0 Å². The van der Waals surface area contributed by atoms with Crippen LogP contribution in [-0.2, 0) is 4.74 Å². The zero-order valence-electron chi connectivity index (χ0n) is 13.7. The van der Waals surface area contributed by atoms with E-state index in [1.54, 1.807) is 4.90 Å². The van der Waals surface area contributed by atoms with E-state index in [-0.39, 0.29) is 18.1 Å². The third kappa shape index (κ3) is 2.81. The Labute approximate surface area is 145 Å². The van der Waals surface area contributed by atoms with Gasteiger partial charge >= 0.3 is 6.09 Å². The lowest BCUT2D eigenvalue weighted by molar-refractivity contribution is 0.107. The lowest BCUT2D eigenvalue weighted by Gasteiger charge is -2.19. The molecule has 0 unspecified atom stereocenters. The Morgan fingerprint density at radius 2 is 1.80 bits per heavy atom. The summed E-state index contributed by atoms with van der Waals surface area (Å²) in [6, 6.07) is 16.4. The van der Waals surface area contributed by atoms with E-state index in [0.717, 1.165) is 0 Å². The molecule has 1 atom stereocenters. The predicted octanol–water partition coefficient (Wildman–Crippen LogP) is 4.32. The van der Waals surface area contributed by atoms with Gasteiger partial charge in [0.2, 0.25) is 0 Å². The summed E-state index contributed by atoms with van der Waals surface area (Å²) in [7, 11) is 0. The number of carbonyl (C=O) groups excluding carboxylic acids is 1. The number of amides is 1. The zero-order chi connectivity index (χ0) is 17.2. The molecule has 1 amide bonds. The summed E-state index contributed by atoms with van der Waals surface area (Å²) >= 11 is 0. The molecule has 0 aromatic heterocycles. The highest BCUT2D eigenvalue weighted by molar-refractivity contribution is 5.79. The van der Waals surface area contributed by atoms with Gasteiger partial charge in [0.05, 0.1) is 6.04 Å². The van der Waals surface area contributed by atoms with Gasteiger partial charge in [-0.05, 0) is 34.2 Å². The molecule has 6 heteroatoms. The Morgan fingerprint density at radius 1 is 1.16 bits per heavy atom. The van der Waals surface area contributed by atoms with E-state index in [1.807, 2.05) is 24.3 Å². The highest BCUT2D eigenvalue weighted by atomic mass is 16.6. The fraction of sp³-hybridized carbons (Fsp3) is 0.316. The SMILES string of the molecule is [N-]=[N+]=N[C@@H]1CCN(C(=O)OCC2c3ccccc3-c3ccccc32)C1. The van der Waals surface area contributed by atoms with Crippen LogP contribution in [0.1, 0.15) is 23.5 Å². The van der Waals surface area contributed by atoms with Crippen LogP contribution in [0.5, 0.6) is 0 Å². The molecule has 25 heavy (non-hydrogen) atoms. The van der Waals surface area contributed by atoms with Gasteiger partial charge in [0.1, 0.15) is 6.61 Å². The number of rotatable bonds is 3. The van der Waals surface area contributed by atoms with Crippen LogP contribution in [0.2, 0.25) is 0 Å². The molecule has 2 aromatic carbocycles. The number of likely N-dealkylation sites (tertiary alicyclic amines) is 1. The molecule has 0 saturated carbocycles. The maximum Gasteiger partial charge on any atom is 0.409 e. The van der Waals surface area contributed by atoms with Gasteiger partial charge in [-0.2, -0.15) is 0 Å². The Balaban J connectivity index is 1.48. The predicted molar refractivity (Wildman–Crippen MR) is 94.2 cm³/mol. The van der Waals surface area contributed by atoms with Gasteiger partial charge in [-0.15, -0.1) is 0 Å². The van der Waals surface area contributed by atoms with Gasteiger partial charge in [-0.3, -0.25) is 0 Å². The van der Waals surface area contributed by atoms with Crippen molar-refractivity contribution in [3.8, 4) is 11.1 Å². The van der Waals surface area contributed by atoms with Crippen LogP contribution in [-0.4, -0.2) is 36.7 Å². The van der Waals surface area contributed by atoms with E-state index in [4.69, 9.17) is 10.3 Å². The Bertz CT molecular complexity index is 815. The molecule has 2 aromatic rings. The Hall–Kier alpha value is -2.98. The van der Waals surface area contributed by atoms with Crippen molar-refractivity contribution in [3.05, 3.63) is 70.1 Å². The fourth-order valence-electron chi connectivity index (χ4n) is 3.76. The van der Waals surface area contributed by atoms with E-state index < -0.39 is 0 Å². The summed E-state index contributed by atoms with van der Waals surface area (Å²) in [6.45, 7) is 1.32.